The summed E-state index contributed by atoms with van der Waals surface area (Å²) in [5.74, 6) is 2.22. The number of thioether (sulfide) groups is 1. The van der Waals surface area contributed by atoms with Crippen molar-refractivity contribution in [3.63, 3.8) is 0 Å². The molecule has 98 valence electrons. The van der Waals surface area contributed by atoms with E-state index in [1.165, 1.54) is 37.9 Å². The standard InChI is InChI=1S/C14H20N2OS/c1-2-7-14(8-3-1)11-18-13(16-14)15-9-6-12-5-4-10-17-12/h4-5,10H,1-3,6-9,11H2,(H,15,16). The van der Waals surface area contributed by atoms with Crippen LogP contribution in [0.25, 0.3) is 0 Å². The fraction of sp³-hybridized carbons (Fsp3) is 0.643. The van der Waals surface area contributed by atoms with Crippen LogP contribution in [0, 0.1) is 0 Å². The van der Waals surface area contributed by atoms with E-state index in [9.17, 15) is 0 Å². The van der Waals surface area contributed by atoms with Gasteiger partial charge in [0.25, 0.3) is 0 Å². The van der Waals surface area contributed by atoms with Gasteiger partial charge in [-0.15, -0.1) is 0 Å². The Labute approximate surface area is 112 Å². The van der Waals surface area contributed by atoms with Crippen LogP contribution in [0.4, 0.5) is 0 Å². The molecule has 0 amide bonds. The van der Waals surface area contributed by atoms with Crippen LogP contribution in [0.3, 0.4) is 0 Å². The first-order chi connectivity index (χ1) is 8.86. The summed E-state index contributed by atoms with van der Waals surface area (Å²) in [5.41, 5.74) is 0.367. The molecule has 0 radical (unpaired) electrons. The van der Waals surface area contributed by atoms with Crippen LogP contribution < -0.4 is 5.32 Å². The lowest BCUT2D eigenvalue weighted by atomic mass is 9.83. The Morgan fingerprint density at radius 3 is 3.00 bits per heavy atom. The summed E-state index contributed by atoms with van der Waals surface area (Å²) in [6.45, 7) is 0.818. The van der Waals surface area contributed by atoms with E-state index in [1.54, 1.807) is 6.26 Å². The smallest absolute Gasteiger partial charge is 0.157 e. The van der Waals surface area contributed by atoms with E-state index in [2.05, 4.69) is 10.3 Å². The highest BCUT2D eigenvalue weighted by molar-refractivity contribution is 8.14. The Kier molecular flexibility index (Phi) is 3.64. The number of hydrogen-bond donors (Lipinski definition) is 1. The Balaban J connectivity index is 1.51. The molecule has 3 nitrogen and oxygen atoms in total. The number of rotatable bonds is 3. The lowest BCUT2D eigenvalue weighted by Crippen LogP contribution is -2.45. The molecule has 1 N–H and O–H groups in total. The highest BCUT2D eigenvalue weighted by Crippen LogP contribution is 2.36. The van der Waals surface area contributed by atoms with E-state index in [-0.39, 0.29) is 0 Å². The molecule has 1 spiro atoms. The zero-order valence-electron chi connectivity index (χ0n) is 10.7. The third kappa shape index (κ3) is 2.74. The Hall–Kier alpha value is -0.900. The molecule has 1 saturated carbocycles. The van der Waals surface area contributed by atoms with Crippen LogP contribution in [0.1, 0.15) is 37.9 Å². The Morgan fingerprint density at radius 1 is 1.33 bits per heavy atom. The molecule has 2 heterocycles. The molecule has 0 bridgehead atoms. The van der Waals surface area contributed by atoms with Crippen molar-refractivity contribution in [2.75, 3.05) is 12.3 Å². The van der Waals surface area contributed by atoms with E-state index in [4.69, 9.17) is 4.42 Å². The SMILES string of the molecule is c1coc(CCN=C2NC3(CCCCC3)CS2)c1. The summed E-state index contributed by atoms with van der Waals surface area (Å²) in [6.07, 6.45) is 9.39. The van der Waals surface area contributed by atoms with Crippen molar-refractivity contribution in [2.24, 2.45) is 4.99 Å². The van der Waals surface area contributed by atoms with Crippen LogP contribution in [0.15, 0.2) is 27.8 Å². The second-order valence-electron chi connectivity index (χ2n) is 5.27. The van der Waals surface area contributed by atoms with E-state index >= 15 is 0 Å². The van der Waals surface area contributed by atoms with Crippen molar-refractivity contribution in [3.05, 3.63) is 24.2 Å². The first-order valence-corrected chi connectivity index (χ1v) is 7.83. The van der Waals surface area contributed by atoms with Gasteiger partial charge in [-0.3, -0.25) is 4.99 Å². The number of aliphatic imine (C=N–C) groups is 1. The highest BCUT2D eigenvalue weighted by atomic mass is 32.2. The van der Waals surface area contributed by atoms with Gasteiger partial charge in [0, 0.05) is 24.3 Å². The minimum absolute atomic E-state index is 0.367. The van der Waals surface area contributed by atoms with Crippen LogP contribution in [0.2, 0.25) is 0 Å². The van der Waals surface area contributed by atoms with E-state index in [1.807, 2.05) is 23.9 Å². The van der Waals surface area contributed by atoms with Crippen molar-refractivity contribution >= 4 is 16.9 Å². The maximum Gasteiger partial charge on any atom is 0.157 e. The van der Waals surface area contributed by atoms with Crippen LogP contribution in [0.5, 0.6) is 0 Å². The van der Waals surface area contributed by atoms with Crippen molar-refractivity contribution in [2.45, 2.75) is 44.1 Å². The first-order valence-electron chi connectivity index (χ1n) is 6.84. The molecule has 0 aromatic carbocycles. The molecule has 1 saturated heterocycles. The maximum absolute atomic E-state index is 5.31. The normalized spacial score (nSPS) is 24.6. The molecule has 2 fully saturated rings. The van der Waals surface area contributed by atoms with Gasteiger partial charge in [-0.05, 0) is 25.0 Å². The van der Waals surface area contributed by atoms with Gasteiger partial charge in [-0.25, -0.2) is 0 Å². The van der Waals surface area contributed by atoms with Gasteiger partial charge in [0.1, 0.15) is 5.76 Å². The monoisotopic (exact) mass is 264 g/mol. The second-order valence-corrected chi connectivity index (χ2v) is 6.23. The second kappa shape index (κ2) is 5.39. The number of amidine groups is 1. The fourth-order valence-corrected chi connectivity index (χ4v) is 4.06. The van der Waals surface area contributed by atoms with Gasteiger partial charge in [0.05, 0.1) is 6.26 Å². The lowest BCUT2D eigenvalue weighted by molar-refractivity contribution is 0.303. The zero-order chi connectivity index (χ0) is 12.3. The fourth-order valence-electron chi connectivity index (χ4n) is 2.81. The van der Waals surface area contributed by atoms with Gasteiger partial charge in [-0.2, -0.15) is 0 Å². The molecule has 3 rings (SSSR count). The topological polar surface area (TPSA) is 37.5 Å². The molecular formula is C14H20N2OS. The minimum atomic E-state index is 0.367. The highest BCUT2D eigenvalue weighted by Gasteiger charge is 2.37. The molecule has 4 heteroatoms. The maximum atomic E-state index is 5.31. The molecular weight excluding hydrogens is 244 g/mol. The number of furan rings is 1. The van der Waals surface area contributed by atoms with E-state index in [0.717, 1.165) is 23.9 Å². The molecule has 1 aromatic heterocycles. The molecule has 18 heavy (non-hydrogen) atoms. The average molecular weight is 264 g/mol. The number of hydrogen-bond acceptors (Lipinski definition) is 3. The van der Waals surface area contributed by atoms with Gasteiger partial charge in [0.15, 0.2) is 5.17 Å². The van der Waals surface area contributed by atoms with Crippen LogP contribution in [-0.2, 0) is 6.42 Å². The number of nitrogens with zero attached hydrogens (tertiary/aromatic N) is 1. The zero-order valence-corrected chi connectivity index (χ0v) is 11.5. The summed E-state index contributed by atoms with van der Waals surface area (Å²) in [7, 11) is 0. The third-order valence-electron chi connectivity index (χ3n) is 3.86. The largest absolute Gasteiger partial charge is 0.469 e. The third-order valence-corrected chi connectivity index (χ3v) is 5.06. The summed E-state index contributed by atoms with van der Waals surface area (Å²) in [4.78, 5) is 4.66. The van der Waals surface area contributed by atoms with Crippen molar-refractivity contribution in [1.82, 2.24) is 5.32 Å². The molecule has 0 unspecified atom stereocenters. The average Bonchev–Trinajstić information content (AvgIpc) is 3.02. The quantitative estimate of drug-likeness (QED) is 0.911. The predicted molar refractivity (Wildman–Crippen MR) is 76.1 cm³/mol. The first kappa shape index (κ1) is 12.2. The van der Waals surface area contributed by atoms with Crippen molar-refractivity contribution in [3.8, 4) is 0 Å². The van der Waals surface area contributed by atoms with Gasteiger partial charge >= 0.3 is 0 Å². The Morgan fingerprint density at radius 2 is 2.22 bits per heavy atom. The summed E-state index contributed by atoms with van der Waals surface area (Å²) >= 11 is 1.89. The molecule has 2 aliphatic rings. The van der Waals surface area contributed by atoms with Gasteiger partial charge in [0.2, 0.25) is 0 Å². The minimum Gasteiger partial charge on any atom is -0.469 e. The Bertz CT molecular complexity index is 407. The molecule has 1 aromatic rings. The van der Waals surface area contributed by atoms with Crippen LogP contribution >= 0.6 is 11.8 Å². The summed E-state index contributed by atoms with van der Waals surface area (Å²) < 4.78 is 5.31. The van der Waals surface area contributed by atoms with E-state index in [0.29, 0.717) is 5.54 Å². The lowest BCUT2D eigenvalue weighted by Gasteiger charge is -2.32. The predicted octanol–water partition coefficient (Wildman–Crippen LogP) is 3.22. The summed E-state index contributed by atoms with van der Waals surface area (Å²) in [5, 5.41) is 4.81. The van der Waals surface area contributed by atoms with Crippen molar-refractivity contribution < 1.29 is 4.42 Å². The van der Waals surface area contributed by atoms with Gasteiger partial charge in [-0.1, -0.05) is 31.0 Å². The summed E-state index contributed by atoms with van der Waals surface area (Å²) in [6, 6.07) is 3.94. The number of nitrogens with one attached hydrogen (secondary N) is 1. The van der Waals surface area contributed by atoms with E-state index < -0.39 is 0 Å². The van der Waals surface area contributed by atoms with Crippen LogP contribution in [-0.4, -0.2) is 23.0 Å². The van der Waals surface area contributed by atoms with Gasteiger partial charge < -0.3 is 9.73 Å². The molecule has 1 aliphatic heterocycles. The molecule has 1 aliphatic carbocycles. The van der Waals surface area contributed by atoms with Crippen molar-refractivity contribution in [1.29, 1.82) is 0 Å². The molecule has 0 atom stereocenters.